The molecule has 0 bridgehead atoms. The topological polar surface area (TPSA) is 20.2 Å². The molecule has 0 aromatic rings. The van der Waals surface area contributed by atoms with Crippen LogP contribution in [0.2, 0.25) is 0 Å². The van der Waals surface area contributed by atoms with Crippen LogP contribution in [-0.4, -0.2) is 11.7 Å². The van der Waals surface area contributed by atoms with E-state index in [1.54, 1.807) is 0 Å². The highest BCUT2D eigenvalue weighted by Crippen LogP contribution is 2.48. The molecule has 2 fully saturated rings. The third-order valence-electron chi connectivity index (χ3n) is 5.42. The van der Waals surface area contributed by atoms with Crippen LogP contribution in [0.15, 0.2) is 0 Å². The Morgan fingerprint density at radius 3 is 1.50 bits per heavy atom. The minimum absolute atomic E-state index is 0.237. The Kier molecular flexibility index (Phi) is 4.29. The molecule has 2 rings (SSSR count). The second-order valence-electron chi connectivity index (χ2n) is 6.33. The summed E-state index contributed by atoms with van der Waals surface area (Å²) in [4.78, 5) is 0. The van der Waals surface area contributed by atoms with Crippen molar-refractivity contribution < 1.29 is 5.11 Å². The number of rotatable bonds is 3. The van der Waals surface area contributed by atoms with Gasteiger partial charge in [-0.3, -0.25) is 0 Å². The maximum absolute atomic E-state index is 9.89. The zero-order valence-corrected chi connectivity index (χ0v) is 10.9. The molecule has 0 radical (unpaired) electrons. The van der Waals surface area contributed by atoms with E-state index in [1.165, 1.54) is 64.2 Å². The predicted octanol–water partition coefficient (Wildman–Crippen LogP) is 4.15. The zero-order chi connectivity index (χ0) is 11.4. The third kappa shape index (κ3) is 2.45. The van der Waals surface area contributed by atoms with E-state index in [0.29, 0.717) is 6.61 Å². The number of aliphatic hydroxyl groups excluding tert-OH is 1. The zero-order valence-electron chi connectivity index (χ0n) is 10.9. The molecule has 2 aliphatic rings. The minimum Gasteiger partial charge on any atom is -0.396 e. The smallest absolute Gasteiger partial charge is 0.0490 e. The van der Waals surface area contributed by atoms with Gasteiger partial charge in [0.1, 0.15) is 0 Å². The number of hydrogen-bond acceptors (Lipinski definition) is 1. The highest BCUT2D eigenvalue weighted by molar-refractivity contribution is 4.90. The lowest BCUT2D eigenvalue weighted by Crippen LogP contribution is -2.40. The average molecular weight is 224 g/mol. The highest BCUT2D eigenvalue weighted by atomic mass is 16.3. The summed E-state index contributed by atoms with van der Waals surface area (Å²) in [5.74, 6) is 1.60. The lowest BCUT2D eigenvalue weighted by atomic mass is 9.60. The van der Waals surface area contributed by atoms with E-state index in [-0.39, 0.29) is 5.41 Å². The predicted molar refractivity (Wildman–Crippen MR) is 68.3 cm³/mol. The second kappa shape index (κ2) is 5.53. The number of aliphatic hydroxyl groups is 1. The van der Waals surface area contributed by atoms with Crippen molar-refractivity contribution in [1.29, 1.82) is 0 Å². The summed E-state index contributed by atoms with van der Waals surface area (Å²) in [5.41, 5.74) is 0.237. The normalized spacial score (nSPS) is 25.9. The molecule has 1 heteroatoms. The molecular weight excluding hydrogens is 196 g/mol. The van der Waals surface area contributed by atoms with Crippen molar-refractivity contribution in [3.63, 3.8) is 0 Å². The van der Waals surface area contributed by atoms with Crippen LogP contribution in [0.5, 0.6) is 0 Å². The summed E-state index contributed by atoms with van der Waals surface area (Å²) in [6.45, 7) is 2.79. The van der Waals surface area contributed by atoms with E-state index in [2.05, 4.69) is 6.92 Å². The van der Waals surface area contributed by atoms with Crippen molar-refractivity contribution in [2.75, 3.05) is 6.61 Å². The Morgan fingerprint density at radius 1 is 0.812 bits per heavy atom. The Morgan fingerprint density at radius 2 is 1.19 bits per heavy atom. The van der Waals surface area contributed by atoms with Crippen LogP contribution < -0.4 is 0 Å². The van der Waals surface area contributed by atoms with Crippen LogP contribution in [0.25, 0.3) is 0 Å². The molecule has 1 nitrogen and oxygen atoms in total. The fraction of sp³-hybridized carbons (Fsp3) is 1.00. The maximum atomic E-state index is 9.89. The molecular formula is C15H28O. The first-order chi connectivity index (χ1) is 7.77. The van der Waals surface area contributed by atoms with Gasteiger partial charge in [0, 0.05) is 6.61 Å². The Labute approximate surface area is 101 Å². The lowest BCUT2D eigenvalue weighted by Gasteiger charge is -2.46. The molecule has 0 aromatic heterocycles. The van der Waals surface area contributed by atoms with Crippen molar-refractivity contribution in [2.24, 2.45) is 17.3 Å². The fourth-order valence-corrected chi connectivity index (χ4v) is 4.12. The van der Waals surface area contributed by atoms with E-state index in [9.17, 15) is 5.11 Å². The third-order valence-corrected chi connectivity index (χ3v) is 5.42. The Balaban J connectivity index is 2.03. The summed E-state index contributed by atoms with van der Waals surface area (Å²) in [5, 5.41) is 9.89. The summed E-state index contributed by atoms with van der Waals surface area (Å²) in [7, 11) is 0. The Bertz CT molecular complexity index is 181. The van der Waals surface area contributed by atoms with Crippen LogP contribution in [-0.2, 0) is 0 Å². The molecule has 0 atom stereocenters. The molecule has 0 heterocycles. The van der Waals surface area contributed by atoms with E-state index < -0.39 is 0 Å². The largest absolute Gasteiger partial charge is 0.396 e. The summed E-state index contributed by atoms with van der Waals surface area (Å²) in [6, 6.07) is 0. The minimum atomic E-state index is 0.237. The lowest BCUT2D eigenvalue weighted by molar-refractivity contribution is -0.0128. The van der Waals surface area contributed by atoms with Gasteiger partial charge < -0.3 is 5.11 Å². The van der Waals surface area contributed by atoms with Crippen LogP contribution in [0.1, 0.15) is 71.1 Å². The second-order valence-corrected chi connectivity index (χ2v) is 6.33. The Hall–Kier alpha value is -0.0400. The van der Waals surface area contributed by atoms with E-state index in [1.807, 2.05) is 0 Å². The molecule has 2 saturated carbocycles. The van der Waals surface area contributed by atoms with Gasteiger partial charge in [0.2, 0.25) is 0 Å². The van der Waals surface area contributed by atoms with Crippen molar-refractivity contribution in [1.82, 2.24) is 0 Å². The molecule has 16 heavy (non-hydrogen) atoms. The molecule has 0 aliphatic heterocycles. The van der Waals surface area contributed by atoms with Gasteiger partial charge in [-0.15, -0.1) is 0 Å². The molecule has 1 N–H and O–H groups in total. The first kappa shape index (κ1) is 12.4. The maximum Gasteiger partial charge on any atom is 0.0490 e. The first-order valence-corrected chi connectivity index (χ1v) is 7.38. The summed E-state index contributed by atoms with van der Waals surface area (Å²) >= 11 is 0. The standard InChI is InChI=1S/C15H28O/c1-15(12-16,13-8-4-2-5-9-13)14-10-6-3-7-11-14/h13-14,16H,2-12H2,1H3. The molecule has 2 aliphatic carbocycles. The van der Waals surface area contributed by atoms with Gasteiger partial charge in [-0.25, -0.2) is 0 Å². The van der Waals surface area contributed by atoms with Gasteiger partial charge in [0.15, 0.2) is 0 Å². The van der Waals surface area contributed by atoms with E-state index in [0.717, 1.165) is 11.8 Å². The monoisotopic (exact) mass is 224 g/mol. The van der Waals surface area contributed by atoms with Crippen LogP contribution >= 0.6 is 0 Å². The van der Waals surface area contributed by atoms with Crippen LogP contribution in [0, 0.1) is 17.3 Å². The van der Waals surface area contributed by atoms with Gasteiger partial charge in [0.05, 0.1) is 0 Å². The van der Waals surface area contributed by atoms with E-state index in [4.69, 9.17) is 0 Å². The molecule has 0 aromatic carbocycles. The van der Waals surface area contributed by atoms with Crippen molar-refractivity contribution in [3.05, 3.63) is 0 Å². The fourth-order valence-electron chi connectivity index (χ4n) is 4.12. The van der Waals surface area contributed by atoms with Crippen molar-refractivity contribution in [2.45, 2.75) is 71.1 Å². The number of hydrogen-bond donors (Lipinski definition) is 1. The molecule has 0 amide bonds. The molecule has 94 valence electrons. The van der Waals surface area contributed by atoms with Crippen LogP contribution in [0.4, 0.5) is 0 Å². The van der Waals surface area contributed by atoms with Gasteiger partial charge in [-0.05, 0) is 42.9 Å². The summed E-state index contributed by atoms with van der Waals surface area (Å²) in [6.07, 6.45) is 13.9. The summed E-state index contributed by atoms with van der Waals surface area (Å²) < 4.78 is 0. The van der Waals surface area contributed by atoms with Gasteiger partial charge in [-0.2, -0.15) is 0 Å². The SMILES string of the molecule is CC(CO)(C1CCCCC1)C1CCCCC1. The van der Waals surface area contributed by atoms with Gasteiger partial charge in [-0.1, -0.05) is 45.4 Å². The molecule has 0 saturated heterocycles. The molecule has 0 spiro atoms. The molecule has 0 unspecified atom stereocenters. The first-order valence-electron chi connectivity index (χ1n) is 7.38. The van der Waals surface area contributed by atoms with Crippen LogP contribution in [0.3, 0.4) is 0 Å². The quantitative estimate of drug-likeness (QED) is 0.763. The van der Waals surface area contributed by atoms with Crippen molar-refractivity contribution >= 4 is 0 Å². The van der Waals surface area contributed by atoms with Gasteiger partial charge in [0.25, 0.3) is 0 Å². The van der Waals surface area contributed by atoms with Crippen molar-refractivity contribution in [3.8, 4) is 0 Å². The average Bonchev–Trinajstić information content (AvgIpc) is 2.40. The van der Waals surface area contributed by atoms with E-state index >= 15 is 0 Å². The van der Waals surface area contributed by atoms with Gasteiger partial charge >= 0.3 is 0 Å². The highest BCUT2D eigenvalue weighted by Gasteiger charge is 2.41.